The third kappa shape index (κ3) is 5.29. The van der Waals surface area contributed by atoms with Gasteiger partial charge in [0.1, 0.15) is 0 Å². The monoisotopic (exact) mass is 416 g/mol. The molecule has 6 nitrogen and oxygen atoms in total. The zero-order chi connectivity index (χ0) is 20.8. The maximum Gasteiger partial charge on any atom is 0.223 e. The summed E-state index contributed by atoms with van der Waals surface area (Å²) < 4.78 is 10.6. The Bertz CT molecular complexity index is 864. The van der Waals surface area contributed by atoms with Gasteiger partial charge in [0.2, 0.25) is 11.8 Å². The van der Waals surface area contributed by atoms with Gasteiger partial charge in [-0.05, 0) is 47.5 Å². The average molecular weight is 417 g/mol. The molecule has 2 amide bonds. The van der Waals surface area contributed by atoms with Crippen LogP contribution in [0, 0.1) is 0 Å². The van der Waals surface area contributed by atoms with E-state index in [9.17, 15) is 9.59 Å². The van der Waals surface area contributed by atoms with E-state index in [1.807, 2.05) is 23.1 Å². The summed E-state index contributed by atoms with van der Waals surface area (Å²) in [5.41, 5.74) is 2.31. The Hall–Kier alpha value is -2.54. The molecule has 1 aliphatic rings. The second kappa shape index (κ2) is 9.78. The Balaban J connectivity index is 1.44. The van der Waals surface area contributed by atoms with E-state index < -0.39 is 0 Å². The second-order valence-electron chi connectivity index (χ2n) is 7.19. The summed E-state index contributed by atoms with van der Waals surface area (Å²) in [5, 5.41) is 2.08. The normalized spacial score (nSPS) is 13.0. The lowest BCUT2D eigenvalue weighted by molar-refractivity contribution is -0.136. The Morgan fingerprint density at radius 3 is 2.69 bits per heavy atom. The van der Waals surface area contributed by atoms with Crippen molar-refractivity contribution in [1.82, 2.24) is 9.80 Å². The first-order valence-corrected chi connectivity index (χ1v) is 10.7. The number of benzene rings is 1. The predicted octanol–water partition coefficient (Wildman–Crippen LogP) is 3.13. The largest absolute Gasteiger partial charge is 0.493 e. The molecule has 0 saturated carbocycles. The van der Waals surface area contributed by atoms with E-state index in [4.69, 9.17) is 9.47 Å². The van der Waals surface area contributed by atoms with E-state index in [-0.39, 0.29) is 24.7 Å². The number of ether oxygens (including phenoxy) is 2. The molecule has 1 aromatic heterocycles. The highest BCUT2D eigenvalue weighted by Crippen LogP contribution is 2.28. The summed E-state index contributed by atoms with van der Waals surface area (Å²) >= 11 is 1.76. The van der Waals surface area contributed by atoms with Gasteiger partial charge in [0.15, 0.2) is 11.5 Å². The maximum atomic E-state index is 12.5. The SMILES string of the molecule is COc1ccc(CCN(C)C(=O)CCC(=O)N2CCc3sccc3C2)cc1OC. The molecule has 0 saturated heterocycles. The van der Waals surface area contributed by atoms with Gasteiger partial charge in [-0.25, -0.2) is 0 Å². The molecule has 156 valence electrons. The summed E-state index contributed by atoms with van der Waals surface area (Å²) in [6.07, 6.45) is 2.13. The standard InChI is InChI=1S/C22H28N2O4S/c1-23(11-8-16-4-5-18(27-2)19(14-16)28-3)21(25)6-7-22(26)24-12-9-20-17(15-24)10-13-29-20/h4-5,10,13-14H,6-9,11-12,15H2,1-3H3. The minimum Gasteiger partial charge on any atom is -0.493 e. The van der Waals surface area contributed by atoms with Crippen LogP contribution in [0.1, 0.15) is 28.8 Å². The van der Waals surface area contributed by atoms with Crippen molar-refractivity contribution in [3.63, 3.8) is 0 Å². The minimum atomic E-state index is -0.00735. The predicted molar refractivity (Wildman–Crippen MR) is 114 cm³/mol. The number of carbonyl (C=O) groups excluding carboxylic acids is 2. The van der Waals surface area contributed by atoms with Crippen molar-refractivity contribution in [2.24, 2.45) is 0 Å². The molecule has 2 aromatic rings. The quantitative estimate of drug-likeness (QED) is 0.663. The molecule has 29 heavy (non-hydrogen) atoms. The number of methoxy groups -OCH3 is 2. The number of hydrogen-bond acceptors (Lipinski definition) is 5. The first kappa shape index (κ1) is 21.2. The van der Waals surface area contributed by atoms with Crippen LogP contribution in [0.3, 0.4) is 0 Å². The van der Waals surface area contributed by atoms with E-state index in [0.29, 0.717) is 31.0 Å². The van der Waals surface area contributed by atoms with Gasteiger partial charge in [-0.3, -0.25) is 9.59 Å². The van der Waals surface area contributed by atoms with E-state index in [1.54, 1.807) is 37.5 Å². The van der Waals surface area contributed by atoms with Gasteiger partial charge in [0.25, 0.3) is 0 Å². The Kier molecular flexibility index (Phi) is 7.14. The smallest absolute Gasteiger partial charge is 0.223 e. The van der Waals surface area contributed by atoms with E-state index >= 15 is 0 Å². The fourth-order valence-corrected chi connectivity index (χ4v) is 4.37. The van der Waals surface area contributed by atoms with E-state index in [2.05, 4.69) is 11.4 Å². The number of thiophene rings is 1. The van der Waals surface area contributed by atoms with Gasteiger partial charge in [-0.1, -0.05) is 6.07 Å². The fraction of sp³-hybridized carbons (Fsp3) is 0.455. The number of amides is 2. The van der Waals surface area contributed by atoms with Gasteiger partial charge in [0, 0.05) is 44.4 Å². The summed E-state index contributed by atoms with van der Waals surface area (Å²) in [7, 11) is 5.00. The van der Waals surface area contributed by atoms with Gasteiger partial charge in [-0.2, -0.15) is 0 Å². The second-order valence-corrected chi connectivity index (χ2v) is 8.19. The molecule has 0 unspecified atom stereocenters. The molecule has 0 atom stereocenters. The van der Waals surface area contributed by atoms with E-state index in [1.165, 1.54) is 10.4 Å². The average Bonchev–Trinajstić information content (AvgIpc) is 3.23. The lowest BCUT2D eigenvalue weighted by atomic mass is 10.1. The molecule has 0 N–H and O–H groups in total. The van der Waals surface area contributed by atoms with Crippen LogP contribution in [-0.2, 0) is 29.0 Å². The minimum absolute atomic E-state index is 0.00735. The van der Waals surface area contributed by atoms with Crippen LogP contribution >= 0.6 is 11.3 Å². The zero-order valence-corrected chi connectivity index (χ0v) is 18.1. The Labute approximate surface area is 176 Å². The summed E-state index contributed by atoms with van der Waals surface area (Å²) in [5.74, 6) is 1.42. The molecule has 0 bridgehead atoms. The van der Waals surface area contributed by atoms with Crippen LogP contribution in [0.5, 0.6) is 11.5 Å². The molecular formula is C22H28N2O4S. The molecule has 3 rings (SSSR count). The van der Waals surface area contributed by atoms with Crippen LogP contribution in [0.4, 0.5) is 0 Å². The summed E-state index contributed by atoms with van der Waals surface area (Å²) in [4.78, 5) is 29.9. The number of nitrogens with zero attached hydrogens (tertiary/aromatic N) is 2. The summed E-state index contributed by atoms with van der Waals surface area (Å²) in [6.45, 7) is 2.00. The van der Waals surface area contributed by atoms with Crippen molar-refractivity contribution >= 4 is 23.2 Å². The first-order valence-electron chi connectivity index (χ1n) is 9.79. The first-order chi connectivity index (χ1) is 14.0. The number of hydrogen-bond donors (Lipinski definition) is 0. The van der Waals surface area contributed by atoms with Crippen molar-refractivity contribution in [2.45, 2.75) is 32.2 Å². The van der Waals surface area contributed by atoms with Gasteiger partial charge in [-0.15, -0.1) is 11.3 Å². The Morgan fingerprint density at radius 2 is 1.93 bits per heavy atom. The number of carbonyl (C=O) groups is 2. The van der Waals surface area contributed by atoms with Crippen molar-refractivity contribution in [3.05, 3.63) is 45.6 Å². The molecule has 1 aromatic carbocycles. The molecule has 2 heterocycles. The molecule has 0 aliphatic carbocycles. The van der Waals surface area contributed by atoms with Crippen LogP contribution in [0.15, 0.2) is 29.6 Å². The lowest BCUT2D eigenvalue weighted by Gasteiger charge is -2.27. The third-order valence-corrected chi connectivity index (χ3v) is 6.35. The van der Waals surface area contributed by atoms with Crippen molar-refractivity contribution in [2.75, 3.05) is 34.4 Å². The fourth-order valence-electron chi connectivity index (χ4n) is 3.48. The van der Waals surface area contributed by atoms with Crippen molar-refractivity contribution < 1.29 is 19.1 Å². The number of fused-ring (bicyclic) bond motifs is 1. The topological polar surface area (TPSA) is 59.1 Å². The highest BCUT2D eigenvalue weighted by atomic mass is 32.1. The van der Waals surface area contributed by atoms with Gasteiger partial charge in [0.05, 0.1) is 14.2 Å². The highest BCUT2D eigenvalue weighted by Gasteiger charge is 2.22. The molecular weight excluding hydrogens is 388 g/mol. The third-order valence-electron chi connectivity index (χ3n) is 5.32. The van der Waals surface area contributed by atoms with Gasteiger partial charge >= 0.3 is 0 Å². The van der Waals surface area contributed by atoms with Crippen molar-refractivity contribution in [3.8, 4) is 11.5 Å². The Morgan fingerprint density at radius 1 is 1.14 bits per heavy atom. The highest BCUT2D eigenvalue weighted by molar-refractivity contribution is 7.10. The molecule has 7 heteroatoms. The summed E-state index contributed by atoms with van der Waals surface area (Å²) in [6, 6.07) is 7.85. The van der Waals surface area contributed by atoms with Gasteiger partial charge < -0.3 is 19.3 Å². The molecule has 1 aliphatic heterocycles. The lowest BCUT2D eigenvalue weighted by Crippen LogP contribution is -2.36. The van der Waals surface area contributed by atoms with Crippen LogP contribution in [0.2, 0.25) is 0 Å². The molecule has 0 radical (unpaired) electrons. The zero-order valence-electron chi connectivity index (χ0n) is 17.3. The number of rotatable bonds is 8. The molecule has 0 fully saturated rings. The van der Waals surface area contributed by atoms with Crippen LogP contribution in [0.25, 0.3) is 0 Å². The van der Waals surface area contributed by atoms with E-state index in [0.717, 1.165) is 18.5 Å². The molecule has 0 spiro atoms. The van der Waals surface area contributed by atoms with Crippen LogP contribution in [-0.4, -0.2) is 56.0 Å². The van der Waals surface area contributed by atoms with Crippen LogP contribution < -0.4 is 9.47 Å². The van der Waals surface area contributed by atoms with Crippen molar-refractivity contribution in [1.29, 1.82) is 0 Å². The number of likely N-dealkylation sites (N-methyl/N-ethyl adjacent to an activating group) is 1. The maximum absolute atomic E-state index is 12.5.